The van der Waals surface area contributed by atoms with E-state index >= 15 is 0 Å². The van der Waals surface area contributed by atoms with Gasteiger partial charge in [0.05, 0.1) is 5.56 Å². The lowest BCUT2D eigenvalue weighted by molar-refractivity contribution is -0.137. The maximum absolute atomic E-state index is 12.7. The number of aliphatic carboxylic acids is 1. The molecule has 1 amide bonds. The number of nitrogens with zero attached hydrogens (tertiary/aromatic N) is 4. The molecule has 1 aliphatic heterocycles. The van der Waals surface area contributed by atoms with Gasteiger partial charge < -0.3 is 10.0 Å². The predicted molar refractivity (Wildman–Crippen MR) is 83.2 cm³/mol. The molecule has 7 heteroatoms. The third-order valence-electron chi connectivity index (χ3n) is 4.39. The summed E-state index contributed by atoms with van der Waals surface area (Å²) in [7, 11) is 0. The van der Waals surface area contributed by atoms with Gasteiger partial charge in [0.15, 0.2) is 5.65 Å². The molecular weight excluding hydrogens is 296 g/mol. The van der Waals surface area contributed by atoms with Gasteiger partial charge in [-0.1, -0.05) is 0 Å². The second-order valence-corrected chi connectivity index (χ2v) is 6.09. The molecule has 1 atom stereocenters. The third kappa shape index (κ3) is 3.33. The average molecular weight is 316 g/mol. The number of aromatic nitrogens is 3. The minimum atomic E-state index is -0.776. The van der Waals surface area contributed by atoms with E-state index < -0.39 is 5.97 Å². The van der Waals surface area contributed by atoms with Gasteiger partial charge in [0.25, 0.3) is 5.91 Å². The molecule has 23 heavy (non-hydrogen) atoms. The van der Waals surface area contributed by atoms with E-state index in [0.717, 1.165) is 30.9 Å². The first-order valence-electron chi connectivity index (χ1n) is 7.87. The van der Waals surface area contributed by atoms with E-state index in [-0.39, 0.29) is 18.2 Å². The monoisotopic (exact) mass is 316 g/mol. The molecule has 7 nitrogen and oxygen atoms in total. The lowest BCUT2D eigenvalue weighted by Gasteiger charge is -2.32. The lowest BCUT2D eigenvalue weighted by atomic mass is 9.93. The van der Waals surface area contributed by atoms with Crippen molar-refractivity contribution in [2.45, 2.75) is 32.6 Å². The summed E-state index contributed by atoms with van der Waals surface area (Å²) in [6, 6.07) is 3.56. The molecule has 0 aromatic carbocycles. The van der Waals surface area contributed by atoms with Crippen molar-refractivity contribution >= 4 is 17.5 Å². The zero-order valence-corrected chi connectivity index (χ0v) is 13.1. The summed E-state index contributed by atoms with van der Waals surface area (Å²) in [5.41, 5.74) is 1.33. The number of pyridine rings is 1. The molecule has 2 aromatic heterocycles. The van der Waals surface area contributed by atoms with E-state index in [0.29, 0.717) is 18.5 Å². The van der Waals surface area contributed by atoms with Crippen LogP contribution >= 0.6 is 0 Å². The number of hydrogen-bond acceptors (Lipinski definition) is 4. The molecule has 1 N–H and O–H groups in total. The fourth-order valence-corrected chi connectivity index (χ4v) is 3.13. The molecule has 3 rings (SSSR count). The minimum Gasteiger partial charge on any atom is -0.481 e. The Kier molecular flexibility index (Phi) is 4.27. The van der Waals surface area contributed by atoms with Crippen molar-refractivity contribution in [3.8, 4) is 0 Å². The van der Waals surface area contributed by atoms with Gasteiger partial charge in [-0.2, -0.15) is 0 Å². The van der Waals surface area contributed by atoms with Crippen LogP contribution in [0.5, 0.6) is 0 Å². The molecule has 1 fully saturated rings. The van der Waals surface area contributed by atoms with Gasteiger partial charge in [-0.15, -0.1) is 10.2 Å². The zero-order chi connectivity index (χ0) is 16.4. The van der Waals surface area contributed by atoms with E-state index in [4.69, 9.17) is 5.11 Å². The molecule has 3 heterocycles. The molecule has 1 saturated heterocycles. The van der Waals surface area contributed by atoms with E-state index in [2.05, 4.69) is 10.2 Å². The van der Waals surface area contributed by atoms with Crippen LogP contribution in [0.15, 0.2) is 18.3 Å². The highest BCUT2D eigenvalue weighted by Gasteiger charge is 2.25. The Morgan fingerprint density at radius 3 is 2.96 bits per heavy atom. The third-order valence-corrected chi connectivity index (χ3v) is 4.39. The lowest BCUT2D eigenvalue weighted by Crippen LogP contribution is -2.40. The summed E-state index contributed by atoms with van der Waals surface area (Å²) in [5.74, 6) is 0.221. The van der Waals surface area contributed by atoms with Crippen molar-refractivity contribution < 1.29 is 14.7 Å². The van der Waals surface area contributed by atoms with Gasteiger partial charge >= 0.3 is 5.97 Å². The van der Waals surface area contributed by atoms with Crippen molar-refractivity contribution in [2.75, 3.05) is 13.1 Å². The molecule has 0 spiro atoms. The topological polar surface area (TPSA) is 87.8 Å². The standard InChI is InChI=1S/C16H20N4O3/c1-11-17-18-14-6-5-13(10-20(11)14)16(23)19-8-2-3-12(9-19)4-7-15(21)22/h5-6,10,12H,2-4,7-9H2,1H3,(H,21,22). The number of carbonyl (C=O) groups is 2. The zero-order valence-electron chi connectivity index (χ0n) is 13.1. The van der Waals surface area contributed by atoms with Crippen molar-refractivity contribution in [1.29, 1.82) is 0 Å². The highest BCUT2D eigenvalue weighted by molar-refractivity contribution is 5.94. The number of hydrogen-bond donors (Lipinski definition) is 1. The van der Waals surface area contributed by atoms with Gasteiger partial charge in [0, 0.05) is 25.7 Å². The average Bonchev–Trinajstić information content (AvgIpc) is 2.93. The van der Waals surface area contributed by atoms with Crippen LogP contribution in [0.2, 0.25) is 0 Å². The number of piperidine rings is 1. The maximum atomic E-state index is 12.7. The van der Waals surface area contributed by atoms with E-state index in [9.17, 15) is 9.59 Å². The smallest absolute Gasteiger partial charge is 0.303 e. The van der Waals surface area contributed by atoms with Gasteiger partial charge in [0.2, 0.25) is 0 Å². The van der Waals surface area contributed by atoms with Crippen LogP contribution in [-0.4, -0.2) is 49.6 Å². The Morgan fingerprint density at radius 2 is 2.17 bits per heavy atom. The largest absolute Gasteiger partial charge is 0.481 e. The van der Waals surface area contributed by atoms with Crippen LogP contribution < -0.4 is 0 Å². The molecule has 1 aliphatic rings. The maximum Gasteiger partial charge on any atom is 0.303 e. The Morgan fingerprint density at radius 1 is 1.35 bits per heavy atom. The molecule has 2 aromatic rings. The van der Waals surface area contributed by atoms with Gasteiger partial charge in [-0.05, 0) is 44.2 Å². The normalized spacial score (nSPS) is 18.3. The van der Waals surface area contributed by atoms with Gasteiger partial charge in [-0.3, -0.25) is 14.0 Å². The Balaban J connectivity index is 1.72. The van der Waals surface area contributed by atoms with Crippen LogP contribution in [-0.2, 0) is 4.79 Å². The highest BCUT2D eigenvalue weighted by atomic mass is 16.4. The van der Waals surface area contributed by atoms with E-state index in [1.807, 2.05) is 11.8 Å². The van der Waals surface area contributed by atoms with Crippen LogP contribution in [0.1, 0.15) is 41.9 Å². The first-order valence-corrected chi connectivity index (χ1v) is 7.87. The summed E-state index contributed by atoms with van der Waals surface area (Å²) in [6.07, 6.45) is 4.47. The fourth-order valence-electron chi connectivity index (χ4n) is 3.13. The second kappa shape index (κ2) is 6.36. The number of rotatable bonds is 4. The number of carbonyl (C=O) groups excluding carboxylic acids is 1. The number of fused-ring (bicyclic) bond motifs is 1. The minimum absolute atomic E-state index is 0.0139. The molecule has 122 valence electrons. The quantitative estimate of drug-likeness (QED) is 0.928. The number of likely N-dealkylation sites (tertiary alicyclic amines) is 1. The number of aryl methyl sites for hydroxylation is 1. The SMILES string of the molecule is Cc1nnc2ccc(C(=O)N3CCCC(CCC(=O)O)C3)cn12. The van der Waals surface area contributed by atoms with Crippen LogP contribution in [0, 0.1) is 12.8 Å². The summed E-state index contributed by atoms with van der Waals surface area (Å²) in [6.45, 7) is 3.20. The summed E-state index contributed by atoms with van der Waals surface area (Å²) >= 11 is 0. The molecule has 0 bridgehead atoms. The Hall–Kier alpha value is -2.44. The van der Waals surface area contributed by atoms with E-state index in [1.54, 1.807) is 22.7 Å². The summed E-state index contributed by atoms with van der Waals surface area (Å²) in [5, 5.41) is 16.8. The molecule has 0 saturated carbocycles. The molecular formula is C16H20N4O3. The fraction of sp³-hybridized carbons (Fsp3) is 0.500. The van der Waals surface area contributed by atoms with Crippen molar-refractivity contribution in [2.24, 2.45) is 5.92 Å². The first-order chi connectivity index (χ1) is 11.0. The number of carboxylic acids is 1. The van der Waals surface area contributed by atoms with Gasteiger partial charge in [0.1, 0.15) is 5.82 Å². The van der Waals surface area contributed by atoms with Crippen LogP contribution in [0.4, 0.5) is 0 Å². The van der Waals surface area contributed by atoms with Crippen molar-refractivity contribution in [3.05, 3.63) is 29.7 Å². The Labute approximate surface area is 133 Å². The molecule has 0 aliphatic carbocycles. The van der Waals surface area contributed by atoms with Crippen LogP contribution in [0.25, 0.3) is 5.65 Å². The van der Waals surface area contributed by atoms with Crippen molar-refractivity contribution in [1.82, 2.24) is 19.5 Å². The van der Waals surface area contributed by atoms with Crippen molar-refractivity contribution in [3.63, 3.8) is 0 Å². The molecule has 0 radical (unpaired) electrons. The van der Waals surface area contributed by atoms with E-state index in [1.165, 1.54) is 0 Å². The second-order valence-electron chi connectivity index (χ2n) is 6.09. The summed E-state index contributed by atoms with van der Waals surface area (Å²) < 4.78 is 1.80. The predicted octanol–water partition coefficient (Wildman–Crippen LogP) is 1.75. The summed E-state index contributed by atoms with van der Waals surface area (Å²) in [4.78, 5) is 25.3. The van der Waals surface area contributed by atoms with Gasteiger partial charge in [-0.25, -0.2) is 0 Å². The molecule has 1 unspecified atom stereocenters. The van der Waals surface area contributed by atoms with Crippen LogP contribution in [0.3, 0.4) is 0 Å². The number of carboxylic acid groups (broad SMARTS) is 1. The Bertz CT molecular complexity index is 740. The number of amides is 1. The highest BCUT2D eigenvalue weighted by Crippen LogP contribution is 2.22. The first kappa shape index (κ1) is 15.5.